The van der Waals surface area contributed by atoms with Crippen molar-refractivity contribution in [1.82, 2.24) is 10.2 Å². The predicted molar refractivity (Wildman–Crippen MR) is 123 cm³/mol. The van der Waals surface area contributed by atoms with Gasteiger partial charge in [-0.15, -0.1) is 12.4 Å². The fraction of sp³-hybridized carbons (Fsp3) is 0.480. The first-order valence-corrected chi connectivity index (χ1v) is 11.0. The van der Waals surface area contributed by atoms with Crippen LogP contribution in [0, 0.1) is 11.8 Å². The van der Waals surface area contributed by atoms with E-state index >= 15 is 0 Å². The second kappa shape index (κ2) is 10.4. The van der Waals surface area contributed by atoms with Gasteiger partial charge in [0.15, 0.2) is 0 Å². The molecule has 5 heteroatoms. The van der Waals surface area contributed by atoms with E-state index in [0.29, 0.717) is 18.2 Å². The van der Waals surface area contributed by atoms with Crippen LogP contribution in [0.1, 0.15) is 43.2 Å². The van der Waals surface area contributed by atoms with Crippen LogP contribution < -0.4 is 5.32 Å². The van der Waals surface area contributed by atoms with Crippen LogP contribution >= 0.6 is 12.4 Å². The first kappa shape index (κ1) is 22.8. The molecule has 0 saturated carbocycles. The van der Waals surface area contributed by atoms with Gasteiger partial charge >= 0.3 is 0 Å². The maximum absolute atomic E-state index is 12.8. The number of halogens is 1. The maximum atomic E-state index is 12.8. The van der Waals surface area contributed by atoms with Crippen LogP contribution in [-0.2, 0) is 10.4 Å². The summed E-state index contributed by atoms with van der Waals surface area (Å²) in [5.74, 6) is 0.903. The zero-order valence-electron chi connectivity index (χ0n) is 17.5. The van der Waals surface area contributed by atoms with Crippen molar-refractivity contribution in [2.45, 2.75) is 37.7 Å². The predicted octanol–water partition coefficient (Wildman–Crippen LogP) is 3.97. The monoisotopic (exact) mass is 428 g/mol. The molecule has 4 rings (SSSR count). The Bertz CT molecular complexity index is 746. The minimum atomic E-state index is -1.02. The largest absolute Gasteiger partial charge is 0.380 e. The molecular weight excluding hydrogens is 396 g/mol. The van der Waals surface area contributed by atoms with Gasteiger partial charge in [0.25, 0.3) is 0 Å². The molecule has 30 heavy (non-hydrogen) atoms. The third-order valence-corrected chi connectivity index (χ3v) is 6.79. The first-order chi connectivity index (χ1) is 14.2. The van der Waals surface area contributed by atoms with Gasteiger partial charge in [-0.05, 0) is 61.7 Å². The molecule has 2 aliphatic rings. The van der Waals surface area contributed by atoms with Gasteiger partial charge in [-0.1, -0.05) is 60.7 Å². The van der Waals surface area contributed by atoms with Gasteiger partial charge in [-0.3, -0.25) is 4.79 Å². The summed E-state index contributed by atoms with van der Waals surface area (Å²) in [6, 6.07) is 20.0. The number of aliphatic hydroxyl groups is 1. The molecule has 2 aromatic carbocycles. The number of nitrogens with one attached hydrogen (secondary N) is 1. The molecule has 0 spiro atoms. The zero-order valence-corrected chi connectivity index (χ0v) is 18.3. The fourth-order valence-electron chi connectivity index (χ4n) is 5.03. The van der Waals surface area contributed by atoms with Crippen LogP contribution in [0.25, 0.3) is 0 Å². The van der Waals surface area contributed by atoms with Gasteiger partial charge in [-0.2, -0.15) is 0 Å². The molecule has 2 aromatic rings. The molecule has 2 fully saturated rings. The SMILES string of the molecule is Cl.O=C(CC1CCNCC1)N1CCC(C(O)(c2ccccc2)c2ccccc2)CC1. The van der Waals surface area contributed by atoms with Crippen LogP contribution in [0.3, 0.4) is 0 Å². The third-order valence-electron chi connectivity index (χ3n) is 6.79. The number of carbonyl (C=O) groups excluding carboxylic acids is 1. The normalized spacial score (nSPS) is 18.6. The van der Waals surface area contributed by atoms with Crippen molar-refractivity contribution in [3.05, 3.63) is 71.8 Å². The van der Waals surface area contributed by atoms with E-state index in [4.69, 9.17) is 0 Å². The van der Waals surface area contributed by atoms with E-state index in [2.05, 4.69) is 5.32 Å². The van der Waals surface area contributed by atoms with Crippen LogP contribution in [0.15, 0.2) is 60.7 Å². The zero-order chi connectivity index (χ0) is 20.1. The number of amides is 1. The standard InChI is InChI=1S/C25H32N2O2.ClH/c28-24(19-20-11-15-26-16-12-20)27-17-13-23(14-18-27)25(29,21-7-3-1-4-8-21)22-9-5-2-6-10-22;/h1-10,20,23,26,29H,11-19H2;1H. The fourth-order valence-corrected chi connectivity index (χ4v) is 5.03. The Balaban J connectivity index is 0.00000256. The summed E-state index contributed by atoms with van der Waals surface area (Å²) in [4.78, 5) is 14.8. The summed E-state index contributed by atoms with van der Waals surface area (Å²) in [5.41, 5.74) is 0.850. The Morgan fingerprint density at radius 1 is 0.900 bits per heavy atom. The number of likely N-dealkylation sites (tertiary alicyclic amines) is 1. The Kier molecular flexibility index (Phi) is 7.93. The molecule has 162 valence electrons. The molecule has 2 heterocycles. The molecule has 0 bridgehead atoms. The summed E-state index contributed by atoms with van der Waals surface area (Å²) < 4.78 is 0. The van der Waals surface area contributed by atoms with Gasteiger partial charge in [0.05, 0.1) is 0 Å². The molecule has 2 saturated heterocycles. The average molecular weight is 429 g/mol. The van der Waals surface area contributed by atoms with Crippen LogP contribution in [0.4, 0.5) is 0 Å². The second-order valence-electron chi connectivity index (χ2n) is 8.55. The average Bonchev–Trinajstić information content (AvgIpc) is 2.80. The van der Waals surface area contributed by atoms with Crippen molar-refractivity contribution in [3.8, 4) is 0 Å². The number of hydrogen-bond donors (Lipinski definition) is 2. The van der Waals surface area contributed by atoms with E-state index in [1.165, 1.54) is 0 Å². The highest BCUT2D eigenvalue weighted by Crippen LogP contribution is 2.42. The minimum Gasteiger partial charge on any atom is -0.380 e. The lowest BCUT2D eigenvalue weighted by atomic mass is 9.72. The lowest BCUT2D eigenvalue weighted by molar-refractivity contribution is -0.135. The number of carbonyl (C=O) groups is 1. The molecule has 0 atom stereocenters. The van der Waals surface area contributed by atoms with Crippen molar-refractivity contribution in [1.29, 1.82) is 0 Å². The third kappa shape index (κ3) is 4.88. The number of rotatable bonds is 5. The van der Waals surface area contributed by atoms with Crippen LogP contribution in [0.2, 0.25) is 0 Å². The lowest BCUT2D eigenvalue weighted by Crippen LogP contribution is -2.46. The molecule has 4 nitrogen and oxygen atoms in total. The molecule has 1 amide bonds. The summed E-state index contributed by atoms with van der Waals surface area (Å²) in [7, 11) is 0. The molecule has 2 aliphatic heterocycles. The van der Waals surface area contributed by atoms with Gasteiger partial charge < -0.3 is 15.3 Å². The molecular formula is C25H33ClN2O2. The Morgan fingerprint density at radius 3 is 1.90 bits per heavy atom. The quantitative estimate of drug-likeness (QED) is 0.757. The molecule has 0 aliphatic carbocycles. The van der Waals surface area contributed by atoms with E-state index < -0.39 is 5.60 Å². The highest BCUT2D eigenvalue weighted by atomic mass is 35.5. The highest BCUT2D eigenvalue weighted by molar-refractivity contribution is 5.85. The summed E-state index contributed by atoms with van der Waals surface area (Å²) in [5, 5.41) is 15.3. The Hall–Kier alpha value is -1.88. The topological polar surface area (TPSA) is 52.6 Å². The smallest absolute Gasteiger partial charge is 0.222 e. The van der Waals surface area contributed by atoms with E-state index in [1.807, 2.05) is 65.6 Å². The second-order valence-corrected chi connectivity index (χ2v) is 8.55. The number of nitrogens with zero attached hydrogens (tertiary/aromatic N) is 1. The number of benzene rings is 2. The summed E-state index contributed by atoms with van der Waals surface area (Å²) in [6.07, 6.45) is 4.51. The molecule has 0 unspecified atom stereocenters. The maximum Gasteiger partial charge on any atom is 0.222 e. The molecule has 2 N–H and O–H groups in total. The number of piperidine rings is 2. The molecule has 0 aromatic heterocycles. The Morgan fingerprint density at radius 2 is 1.40 bits per heavy atom. The van der Waals surface area contributed by atoms with Crippen molar-refractivity contribution >= 4 is 18.3 Å². The first-order valence-electron chi connectivity index (χ1n) is 11.0. The van der Waals surface area contributed by atoms with Crippen molar-refractivity contribution < 1.29 is 9.90 Å². The van der Waals surface area contributed by atoms with Crippen molar-refractivity contribution in [2.24, 2.45) is 11.8 Å². The lowest BCUT2D eigenvalue weighted by Gasteiger charge is -2.42. The summed E-state index contributed by atoms with van der Waals surface area (Å²) in [6.45, 7) is 3.52. The van der Waals surface area contributed by atoms with E-state index in [1.54, 1.807) is 0 Å². The van der Waals surface area contributed by atoms with Gasteiger partial charge in [0.2, 0.25) is 5.91 Å². The molecule has 0 radical (unpaired) electrons. The number of hydrogen-bond acceptors (Lipinski definition) is 3. The van der Waals surface area contributed by atoms with Gasteiger partial charge in [-0.25, -0.2) is 0 Å². The summed E-state index contributed by atoms with van der Waals surface area (Å²) >= 11 is 0. The van der Waals surface area contributed by atoms with E-state index in [-0.39, 0.29) is 18.3 Å². The van der Waals surface area contributed by atoms with Gasteiger partial charge in [0, 0.05) is 19.5 Å². The Labute approximate surface area is 186 Å². The van der Waals surface area contributed by atoms with Crippen LogP contribution in [0.5, 0.6) is 0 Å². The van der Waals surface area contributed by atoms with E-state index in [0.717, 1.165) is 63.0 Å². The van der Waals surface area contributed by atoms with Crippen molar-refractivity contribution in [2.75, 3.05) is 26.2 Å². The van der Waals surface area contributed by atoms with Crippen molar-refractivity contribution in [3.63, 3.8) is 0 Å². The minimum absolute atomic E-state index is 0. The van der Waals surface area contributed by atoms with Gasteiger partial charge in [0.1, 0.15) is 5.60 Å². The highest BCUT2D eigenvalue weighted by Gasteiger charge is 2.42. The van der Waals surface area contributed by atoms with E-state index in [9.17, 15) is 9.90 Å². The van der Waals surface area contributed by atoms with Crippen LogP contribution in [-0.4, -0.2) is 42.1 Å².